The zero-order chi connectivity index (χ0) is 13.9. The number of piperidine rings is 1. The first-order chi connectivity index (χ1) is 9.07. The molecule has 0 radical (unpaired) electrons. The van der Waals surface area contributed by atoms with Gasteiger partial charge in [0, 0.05) is 12.6 Å². The minimum atomic E-state index is -0.403. The second kappa shape index (κ2) is 6.23. The van der Waals surface area contributed by atoms with Crippen LogP contribution in [0.25, 0.3) is 0 Å². The molecular weight excluding hydrogens is 240 g/mol. The van der Waals surface area contributed by atoms with Crippen molar-refractivity contribution in [1.29, 1.82) is 0 Å². The van der Waals surface area contributed by atoms with E-state index in [9.17, 15) is 4.79 Å². The van der Waals surface area contributed by atoms with Crippen molar-refractivity contribution < 1.29 is 9.53 Å². The molecule has 0 bridgehead atoms. The maximum absolute atomic E-state index is 12.1. The molecule has 2 unspecified atom stereocenters. The van der Waals surface area contributed by atoms with E-state index < -0.39 is 5.54 Å². The van der Waals surface area contributed by atoms with E-state index in [0.29, 0.717) is 12.0 Å². The largest absolute Gasteiger partial charge is 0.468 e. The standard InChI is InChI=1S/C15H28N2O2/c1-12(2)17-9-4-6-13(11-17)10-15(14(18)19-3)7-5-8-16-15/h12-13,16H,4-11H2,1-3H3. The fourth-order valence-electron chi connectivity index (χ4n) is 3.66. The molecular formula is C15H28N2O2. The lowest BCUT2D eigenvalue weighted by molar-refractivity contribution is -0.149. The van der Waals surface area contributed by atoms with Gasteiger partial charge < -0.3 is 15.0 Å². The van der Waals surface area contributed by atoms with Gasteiger partial charge in [0.25, 0.3) is 0 Å². The van der Waals surface area contributed by atoms with Crippen molar-refractivity contribution in [2.45, 2.75) is 57.5 Å². The lowest BCUT2D eigenvalue weighted by atomic mass is 9.82. The van der Waals surface area contributed by atoms with Crippen molar-refractivity contribution in [3.63, 3.8) is 0 Å². The Morgan fingerprint density at radius 1 is 1.47 bits per heavy atom. The molecule has 1 N–H and O–H groups in total. The summed E-state index contributed by atoms with van der Waals surface area (Å²) in [7, 11) is 1.51. The lowest BCUT2D eigenvalue weighted by Crippen LogP contribution is -2.52. The van der Waals surface area contributed by atoms with Crippen molar-refractivity contribution in [3.05, 3.63) is 0 Å². The van der Waals surface area contributed by atoms with E-state index in [2.05, 4.69) is 24.1 Å². The normalized spacial score (nSPS) is 32.7. The van der Waals surface area contributed by atoms with Crippen molar-refractivity contribution in [1.82, 2.24) is 10.2 Å². The highest BCUT2D eigenvalue weighted by Crippen LogP contribution is 2.32. The van der Waals surface area contributed by atoms with Crippen LogP contribution >= 0.6 is 0 Å². The van der Waals surface area contributed by atoms with Gasteiger partial charge in [-0.15, -0.1) is 0 Å². The molecule has 4 heteroatoms. The Kier molecular flexibility index (Phi) is 4.85. The van der Waals surface area contributed by atoms with Gasteiger partial charge in [0.1, 0.15) is 5.54 Å². The third-order valence-corrected chi connectivity index (χ3v) is 4.74. The summed E-state index contributed by atoms with van der Waals surface area (Å²) in [4.78, 5) is 14.7. The molecule has 0 aromatic carbocycles. The number of hydrogen-bond acceptors (Lipinski definition) is 4. The van der Waals surface area contributed by atoms with Gasteiger partial charge in [-0.05, 0) is 65.0 Å². The van der Waals surface area contributed by atoms with Gasteiger partial charge in [-0.2, -0.15) is 0 Å². The first kappa shape index (κ1) is 14.8. The van der Waals surface area contributed by atoms with Gasteiger partial charge in [0.15, 0.2) is 0 Å². The number of hydrogen-bond donors (Lipinski definition) is 1. The fourth-order valence-corrected chi connectivity index (χ4v) is 3.66. The molecule has 2 rings (SSSR count). The second-order valence-electron chi connectivity index (χ2n) is 6.41. The Labute approximate surface area is 116 Å². The Balaban J connectivity index is 1.99. The van der Waals surface area contributed by atoms with Crippen molar-refractivity contribution in [2.75, 3.05) is 26.7 Å². The summed E-state index contributed by atoms with van der Waals surface area (Å²) in [6.45, 7) is 7.78. The maximum atomic E-state index is 12.1. The minimum Gasteiger partial charge on any atom is -0.468 e. The Morgan fingerprint density at radius 2 is 2.26 bits per heavy atom. The average Bonchev–Trinajstić information content (AvgIpc) is 2.87. The number of likely N-dealkylation sites (tertiary alicyclic amines) is 1. The van der Waals surface area contributed by atoms with Crippen LogP contribution in [0.3, 0.4) is 0 Å². The SMILES string of the molecule is COC(=O)C1(CC2CCCN(C(C)C)C2)CCCN1. The Morgan fingerprint density at radius 3 is 2.84 bits per heavy atom. The van der Waals surface area contributed by atoms with E-state index in [0.717, 1.165) is 32.4 Å². The predicted octanol–water partition coefficient (Wildman–Crippen LogP) is 1.79. The molecule has 2 saturated heterocycles. The number of methoxy groups -OCH3 is 1. The van der Waals surface area contributed by atoms with E-state index in [1.54, 1.807) is 0 Å². The van der Waals surface area contributed by atoms with E-state index in [-0.39, 0.29) is 5.97 Å². The number of carbonyl (C=O) groups excluding carboxylic acids is 1. The molecule has 0 aromatic heterocycles. The van der Waals surface area contributed by atoms with Crippen LogP contribution in [0.15, 0.2) is 0 Å². The molecule has 2 aliphatic rings. The number of carbonyl (C=O) groups is 1. The average molecular weight is 268 g/mol. The van der Waals surface area contributed by atoms with E-state index in [1.807, 2.05) is 0 Å². The van der Waals surface area contributed by atoms with Crippen LogP contribution in [0, 0.1) is 5.92 Å². The minimum absolute atomic E-state index is 0.0633. The smallest absolute Gasteiger partial charge is 0.326 e. The zero-order valence-electron chi connectivity index (χ0n) is 12.6. The van der Waals surface area contributed by atoms with Crippen molar-refractivity contribution in [2.24, 2.45) is 5.92 Å². The van der Waals surface area contributed by atoms with E-state index in [4.69, 9.17) is 4.74 Å². The van der Waals surface area contributed by atoms with Crippen LogP contribution in [0.4, 0.5) is 0 Å². The number of nitrogens with zero attached hydrogens (tertiary/aromatic N) is 1. The van der Waals surface area contributed by atoms with Gasteiger partial charge in [-0.25, -0.2) is 0 Å². The van der Waals surface area contributed by atoms with Crippen molar-refractivity contribution >= 4 is 5.97 Å². The summed E-state index contributed by atoms with van der Waals surface area (Å²) < 4.78 is 5.04. The summed E-state index contributed by atoms with van der Waals surface area (Å²) in [6.07, 6.45) is 5.43. The van der Waals surface area contributed by atoms with E-state index >= 15 is 0 Å². The van der Waals surface area contributed by atoms with Crippen LogP contribution < -0.4 is 5.32 Å². The number of nitrogens with one attached hydrogen (secondary N) is 1. The van der Waals surface area contributed by atoms with Gasteiger partial charge in [-0.1, -0.05) is 0 Å². The summed E-state index contributed by atoms with van der Waals surface area (Å²) >= 11 is 0. The van der Waals surface area contributed by atoms with Gasteiger partial charge >= 0.3 is 5.97 Å². The predicted molar refractivity (Wildman–Crippen MR) is 76.0 cm³/mol. The zero-order valence-corrected chi connectivity index (χ0v) is 12.6. The summed E-state index contributed by atoms with van der Waals surface area (Å²) in [5.74, 6) is 0.549. The van der Waals surface area contributed by atoms with E-state index in [1.165, 1.54) is 26.5 Å². The Bertz CT molecular complexity index is 311. The second-order valence-corrected chi connectivity index (χ2v) is 6.41. The van der Waals surface area contributed by atoms with Crippen LogP contribution in [0.1, 0.15) is 46.0 Å². The third kappa shape index (κ3) is 3.29. The molecule has 0 saturated carbocycles. The first-order valence-electron chi connectivity index (χ1n) is 7.65. The quantitative estimate of drug-likeness (QED) is 0.789. The summed E-state index contributed by atoms with van der Waals surface area (Å²) in [6, 6.07) is 0.605. The highest BCUT2D eigenvalue weighted by atomic mass is 16.5. The first-order valence-corrected chi connectivity index (χ1v) is 7.65. The highest BCUT2D eigenvalue weighted by molar-refractivity contribution is 5.81. The van der Waals surface area contributed by atoms with Gasteiger partial charge in [-0.3, -0.25) is 4.79 Å². The van der Waals surface area contributed by atoms with Crippen molar-refractivity contribution in [3.8, 4) is 0 Å². The van der Waals surface area contributed by atoms with Crippen LogP contribution in [-0.2, 0) is 9.53 Å². The lowest BCUT2D eigenvalue weighted by Gasteiger charge is -2.39. The van der Waals surface area contributed by atoms with Gasteiger partial charge in [0.2, 0.25) is 0 Å². The molecule has 19 heavy (non-hydrogen) atoms. The molecule has 0 aliphatic carbocycles. The molecule has 110 valence electrons. The number of rotatable bonds is 4. The molecule has 4 nitrogen and oxygen atoms in total. The monoisotopic (exact) mass is 268 g/mol. The summed E-state index contributed by atoms with van der Waals surface area (Å²) in [5.41, 5.74) is -0.403. The van der Waals surface area contributed by atoms with Crippen LogP contribution in [0.2, 0.25) is 0 Å². The molecule has 2 fully saturated rings. The highest BCUT2D eigenvalue weighted by Gasteiger charge is 2.44. The molecule has 0 aromatic rings. The number of ether oxygens (including phenoxy) is 1. The maximum Gasteiger partial charge on any atom is 0.326 e. The Hall–Kier alpha value is -0.610. The topological polar surface area (TPSA) is 41.6 Å². The fraction of sp³-hybridized carbons (Fsp3) is 0.933. The van der Waals surface area contributed by atoms with Gasteiger partial charge in [0.05, 0.1) is 7.11 Å². The molecule has 2 aliphatic heterocycles. The van der Waals surface area contributed by atoms with Crippen LogP contribution in [0.5, 0.6) is 0 Å². The molecule has 0 amide bonds. The molecule has 2 heterocycles. The summed E-state index contributed by atoms with van der Waals surface area (Å²) in [5, 5.41) is 3.42. The third-order valence-electron chi connectivity index (χ3n) is 4.74. The molecule has 0 spiro atoms. The molecule has 2 atom stereocenters. The number of esters is 1. The van der Waals surface area contributed by atoms with Crippen LogP contribution in [-0.4, -0.2) is 49.2 Å².